The van der Waals surface area contributed by atoms with Crippen LogP contribution in [-0.2, 0) is 14.9 Å². The lowest BCUT2D eigenvalue weighted by Gasteiger charge is -2.12. The summed E-state index contributed by atoms with van der Waals surface area (Å²) in [6, 6.07) is 3.59. The molecule has 0 atom stereocenters. The molecule has 0 aromatic carbocycles. The Morgan fingerprint density at radius 3 is 2.84 bits per heavy atom. The molecule has 2 rings (SSSR count). The van der Waals surface area contributed by atoms with E-state index in [0.717, 1.165) is 17.5 Å². The molecule has 9 heteroatoms. The van der Waals surface area contributed by atoms with Gasteiger partial charge in [0.2, 0.25) is 0 Å². The van der Waals surface area contributed by atoms with Crippen molar-refractivity contribution in [2.24, 2.45) is 0 Å². The minimum absolute atomic E-state index is 0.147. The number of nitrogens with one attached hydrogen (secondary N) is 1. The smallest absolute Gasteiger partial charge is 0.266 e. The Morgan fingerprint density at radius 1 is 1.53 bits per heavy atom. The average molecular weight is 318 g/mol. The minimum Gasteiger partial charge on any atom is -0.362 e. The Hall–Kier alpha value is -1.16. The van der Waals surface area contributed by atoms with Gasteiger partial charge in [0.25, 0.3) is 16.0 Å². The Kier molecular flexibility index (Phi) is 4.09. The highest BCUT2D eigenvalue weighted by Crippen LogP contribution is 2.32. The van der Waals surface area contributed by atoms with E-state index in [1.807, 2.05) is 0 Å². The molecule has 0 saturated carbocycles. The number of aromatic nitrogens is 1. The number of H-pyrrole nitrogens is 1. The third-order valence-electron chi connectivity index (χ3n) is 2.36. The maximum Gasteiger partial charge on any atom is 0.266 e. The molecule has 102 valence electrons. The van der Waals surface area contributed by atoms with Gasteiger partial charge >= 0.3 is 0 Å². The zero-order valence-corrected chi connectivity index (χ0v) is 12.0. The summed E-state index contributed by atoms with van der Waals surface area (Å²) in [5.41, 5.74) is 0.760. The Bertz CT molecular complexity index is 634. The molecule has 1 aliphatic heterocycles. The van der Waals surface area contributed by atoms with Crippen LogP contribution < -0.4 is 0 Å². The number of aromatic amines is 1. The van der Waals surface area contributed by atoms with E-state index < -0.39 is 15.9 Å². The van der Waals surface area contributed by atoms with Gasteiger partial charge in [-0.2, -0.15) is 8.42 Å². The molecule has 1 aromatic rings. The van der Waals surface area contributed by atoms with Crippen molar-refractivity contribution in [1.82, 2.24) is 9.88 Å². The van der Waals surface area contributed by atoms with Crippen molar-refractivity contribution < 1.29 is 17.8 Å². The lowest BCUT2D eigenvalue weighted by atomic mass is 10.3. The van der Waals surface area contributed by atoms with Gasteiger partial charge in [0.05, 0.1) is 10.7 Å². The van der Waals surface area contributed by atoms with E-state index in [0.29, 0.717) is 4.91 Å². The summed E-state index contributed by atoms with van der Waals surface area (Å²) in [5, 5.41) is 0. The number of hydrogen-bond donors (Lipinski definition) is 2. The molecule has 1 amide bonds. The highest BCUT2D eigenvalue weighted by Gasteiger charge is 2.32. The second kappa shape index (κ2) is 5.45. The van der Waals surface area contributed by atoms with Gasteiger partial charge in [-0.25, -0.2) is 0 Å². The van der Waals surface area contributed by atoms with Crippen LogP contribution in [0.2, 0.25) is 0 Å². The van der Waals surface area contributed by atoms with Crippen LogP contribution in [0.15, 0.2) is 23.2 Å². The van der Waals surface area contributed by atoms with Gasteiger partial charge in [-0.3, -0.25) is 14.2 Å². The lowest BCUT2D eigenvalue weighted by molar-refractivity contribution is -0.121. The summed E-state index contributed by atoms with van der Waals surface area (Å²) in [5.74, 6) is -0.886. The first-order chi connectivity index (χ1) is 8.87. The standard InChI is InChI=1S/C10H10N2O4S3/c13-9-8(6-7-2-1-3-11-7)18-10(17)12(9)4-5-19(14,15)16/h1-3,6,11H,4-5H2,(H,14,15,16)/b8-6+. The van der Waals surface area contributed by atoms with Crippen molar-refractivity contribution in [2.75, 3.05) is 12.3 Å². The second-order valence-electron chi connectivity index (χ2n) is 3.74. The van der Waals surface area contributed by atoms with Crippen molar-refractivity contribution in [3.05, 3.63) is 28.9 Å². The van der Waals surface area contributed by atoms with Gasteiger partial charge < -0.3 is 4.98 Å². The van der Waals surface area contributed by atoms with E-state index in [1.54, 1.807) is 24.4 Å². The van der Waals surface area contributed by atoms with Crippen LogP contribution in [0.1, 0.15) is 5.69 Å². The second-order valence-corrected chi connectivity index (χ2v) is 6.99. The molecule has 0 radical (unpaired) electrons. The van der Waals surface area contributed by atoms with Crippen molar-refractivity contribution in [1.29, 1.82) is 0 Å². The van der Waals surface area contributed by atoms with E-state index in [2.05, 4.69) is 4.98 Å². The first-order valence-electron chi connectivity index (χ1n) is 5.21. The molecule has 6 nitrogen and oxygen atoms in total. The molecule has 1 aromatic heterocycles. The van der Waals surface area contributed by atoms with Gasteiger partial charge in [0, 0.05) is 18.4 Å². The monoisotopic (exact) mass is 318 g/mol. The van der Waals surface area contributed by atoms with E-state index in [1.165, 1.54) is 4.90 Å². The maximum absolute atomic E-state index is 12.0. The Morgan fingerprint density at radius 2 is 2.26 bits per heavy atom. The van der Waals surface area contributed by atoms with Crippen LogP contribution in [0.25, 0.3) is 6.08 Å². The number of hydrogen-bond acceptors (Lipinski definition) is 5. The van der Waals surface area contributed by atoms with Gasteiger partial charge in [-0.15, -0.1) is 0 Å². The maximum atomic E-state index is 12.0. The molecule has 1 saturated heterocycles. The number of nitrogens with zero attached hydrogens (tertiary/aromatic N) is 1. The van der Waals surface area contributed by atoms with Crippen LogP contribution >= 0.6 is 24.0 Å². The first-order valence-corrected chi connectivity index (χ1v) is 8.04. The number of thiocarbonyl (C=S) groups is 1. The van der Waals surface area contributed by atoms with Gasteiger partial charge in [-0.05, 0) is 18.2 Å². The number of thioether (sulfide) groups is 1. The average Bonchev–Trinajstić information content (AvgIpc) is 2.87. The number of rotatable bonds is 4. The molecule has 0 unspecified atom stereocenters. The van der Waals surface area contributed by atoms with Gasteiger partial charge in [-0.1, -0.05) is 24.0 Å². The predicted molar refractivity (Wildman–Crippen MR) is 77.1 cm³/mol. The Balaban J connectivity index is 2.13. The number of carbonyl (C=O) groups is 1. The van der Waals surface area contributed by atoms with Crippen LogP contribution in [-0.4, -0.2) is 45.4 Å². The van der Waals surface area contributed by atoms with Crippen molar-refractivity contribution in [3.63, 3.8) is 0 Å². The quantitative estimate of drug-likeness (QED) is 0.491. The summed E-state index contributed by atoms with van der Waals surface area (Å²) in [6.45, 7) is -0.147. The highest BCUT2D eigenvalue weighted by atomic mass is 32.2. The number of carbonyl (C=O) groups excluding carboxylic acids is 1. The zero-order chi connectivity index (χ0) is 14.0. The fraction of sp³-hybridized carbons (Fsp3) is 0.200. The van der Waals surface area contributed by atoms with Crippen LogP contribution in [0.5, 0.6) is 0 Å². The summed E-state index contributed by atoms with van der Waals surface area (Å²) >= 11 is 6.12. The summed E-state index contributed by atoms with van der Waals surface area (Å²) in [4.78, 5) is 16.5. The molecule has 0 spiro atoms. The normalized spacial score (nSPS) is 18.6. The van der Waals surface area contributed by atoms with E-state index >= 15 is 0 Å². The molecule has 2 N–H and O–H groups in total. The summed E-state index contributed by atoms with van der Waals surface area (Å²) < 4.78 is 30.3. The van der Waals surface area contributed by atoms with Crippen molar-refractivity contribution >= 4 is 50.4 Å². The Labute approximate surface area is 119 Å². The lowest BCUT2D eigenvalue weighted by Crippen LogP contribution is -2.32. The molecule has 19 heavy (non-hydrogen) atoms. The van der Waals surface area contributed by atoms with E-state index in [-0.39, 0.29) is 16.8 Å². The van der Waals surface area contributed by atoms with E-state index in [4.69, 9.17) is 16.8 Å². The minimum atomic E-state index is -4.11. The molecule has 1 fully saturated rings. The van der Waals surface area contributed by atoms with Crippen LogP contribution in [0.3, 0.4) is 0 Å². The first kappa shape index (κ1) is 14.3. The molecule has 2 heterocycles. The topological polar surface area (TPSA) is 90.5 Å². The zero-order valence-electron chi connectivity index (χ0n) is 9.57. The fourth-order valence-corrected chi connectivity index (χ4v) is 3.19. The van der Waals surface area contributed by atoms with Crippen LogP contribution in [0.4, 0.5) is 0 Å². The van der Waals surface area contributed by atoms with Crippen LogP contribution in [0, 0.1) is 0 Å². The van der Waals surface area contributed by atoms with Gasteiger partial charge in [0.15, 0.2) is 0 Å². The molecule has 1 aliphatic rings. The SMILES string of the molecule is O=C1/C(=C\c2ccc[nH]2)SC(=S)N1CCS(=O)(=O)O. The molecular weight excluding hydrogens is 308 g/mol. The molecule has 0 bridgehead atoms. The largest absolute Gasteiger partial charge is 0.362 e. The summed E-state index contributed by atoms with van der Waals surface area (Å²) in [6.07, 6.45) is 3.37. The van der Waals surface area contributed by atoms with E-state index in [9.17, 15) is 13.2 Å². The number of amides is 1. The predicted octanol–water partition coefficient (Wildman–Crippen LogP) is 1.10. The van der Waals surface area contributed by atoms with Gasteiger partial charge in [0.1, 0.15) is 4.32 Å². The summed E-state index contributed by atoms with van der Waals surface area (Å²) in [7, 11) is -4.11. The highest BCUT2D eigenvalue weighted by molar-refractivity contribution is 8.26. The third-order valence-corrected chi connectivity index (χ3v) is 4.43. The molecular formula is C10H10N2O4S3. The molecule has 0 aliphatic carbocycles. The van der Waals surface area contributed by atoms with Crippen molar-refractivity contribution in [3.8, 4) is 0 Å². The fourth-order valence-electron chi connectivity index (χ4n) is 1.47. The third kappa shape index (κ3) is 3.66. The van der Waals surface area contributed by atoms with Crippen molar-refractivity contribution in [2.45, 2.75) is 0 Å².